The minimum Gasteiger partial charge on any atom is -0.384 e. The van der Waals surface area contributed by atoms with Crippen molar-refractivity contribution >= 4 is 11.7 Å². The minimum absolute atomic E-state index is 0.00910. The van der Waals surface area contributed by atoms with Gasteiger partial charge in [-0.3, -0.25) is 10.2 Å². The number of nitrogens with two attached hydrogens (primary N) is 1. The van der Waals surface area contributed by atoms with Crippen LogP contribution in [0.15, 0.2) is 48.5 Å². The van der Waals surface area contributed by atoms with Gasteiger partial charge in [-0.05, 0) is 30.7 Å². The Kier molecular flexibility index (Phi) is 4.74. The van der Waals surface area contributed by atoms with Crippen LogP contribution in [0.1, 0.15) is 27.3 Å². The second kappa shape index (κ2) is 7.14. The van der Waals surface area contributed by atoms with Crippen LogP contribution in [-0.2, 0) is 6.54 Å². The van der Waals surface area contributed by atoms with Crippen LogP contribution < -0.4 is 11.1 Å². The van der Waals surface area contributed by atoms with Crippen molar-refractivity contribution in [3.05, 3.63) is 76.9 Å². The number of halogens is 1. The van der Waals surface area contributed by atoms with E-state index >= 15 is 0 Å². The van der Waals surface area contributed by atoms with Gasteiger partial charge >= 0.3 is 0 Å². The van der Waals surface area contributed by atoms with E-state index in [4.69, 9.17) is 11.1 Å². The number of hydrogen-bond acceptors (Lipinski definition) is 4. The van der Waals surface area contributed by atoms with Gasteiger partial charge in [-0.2, -0.15) is 0 Å². The van der Waals surface area contributed by atoms with Crippen LogP contribution >= 0.6 is 0 Å². The second-order valence-electron chi connectivity index (χ2n) is 5.71. The molecule has 132 valence electrons. The van der Waals surface area contributed by atoms with Crippen LogP contribution in [0, 0.1) is 18.2 Å². The van der Waals surface area contributed by atoms with Gasteiger partial charge in [0.25, 0.3) is 5.91 Å². The van der Waals surface area contributed by atoms with Crippen molar-refractivity contribution in [3.63, 3.8) is 0 Å². The quantitative estimate of drug-likeness (QED) is 0.481. The van der Waals surface area contributed by atoms with Crippen LogP contribution in [0.3, 0.4) is 0 Å². The predicted octanol–water partition coefficient (Wildman–Crippen LogP) is 1.93. The van der Waals surface area contributed by atoms with Gasteiger partial charge in [0, 0.05) is 12.1 Å². The normalized spacial score (nSPS) is 10.5. The summed E-state index contributed by atoms with van der Waals surface area (Å²) in [7, 11) is 0. The Bertz CT molecular complexity index is 964. The molecule has 1 aromatic heterocycles. The molecule has 0 radical (unpaired) electrons. The number of aromatic nitrogens is 3. The lowest BCUT2D eigenvalue weighted by atomic mass is 10.1. The van der Waals surface area contributed by atoms with E-state index in [1.54, 1.807) is 43.3 Å². The van der Waals surface area contributed by atoms with Crippen LogP contribution in [0.2, 0.25) is 0 Å². The molecule has 2 aromatic carbocycles. The summed E-state index contributed by atoms with van der Waals surface area (Å²) in [6, 6.07) is 12.9. The molecule has 0 aliphatic carbocycles. The van der Waals surface area contributed by atoms with Crippen LogP contribution in [0.4, 0.5) is 4.39 Å². The smallest absolute Gasteiger partial charge is 0.274 e. The number of amidine groups is 1. The summed E-state index contributed by atoms with van der Waals surface area (Å²) < 4.78 is 14.8. The lowest BCUT2D eigenvalue weighted by Crippen LogP contribution is -2.24. The number of benzene rings is 2. The first kappa shape index (κ1) is 17.3. The van der Waals surface area contributed by atoms with Crippen molar-refractivity contribution in [3.8, 4) is 5.69 Å². The predicted molar refractivity (Wildman–Crippen MR) is 94.7 cm³/mol. The van der Waals surface area contributed by atoms with E-state index in [0.29, 0.717) is 23.5 Å². The fourth-order valence-electron chi connectivity index (χ4n) is 2.46. The molecule has 4 N–H and O–H groups in total. The average molecular weight is 352 g/mol. The fourth-order valence-corrected chi connectivity index (χ4v) is 2.46. The number of rotatable bonds is 5. The van der Waals surface area contributed by atoms with E-state index in [0.717, 1.165) is 5.56 Å². The number of carbonyl (C=O) groups excluding carboxylic acids is 1. The highest BCUT2D eigenvalue weighted by atomic mass is 19.1. The zero-order chi connectivity index (χ0) is 18.7. The van der Waals surface area contributed by atoms with Crippen LogP contribution in [0.5, 0.6) is 0 Å². The molecule has 0 atom stereocenters. The summed E-state index contributed by atoms with van der Waals surface area (Å²) in [5, 5.41) is 18.0. The Balaban J connectivity index is 1.71. The molecule has 1 heterocycles. The molecule has 0 spiro atoms. The summed E-state index contributed by atoms with van der Waals surface area (Å²) in [6.45, 7) is 1.99. The maximum Gasteiger partial charge on any atom is 0.274 e. The lowest BCUT2D eigenvalue weighted by Gasteiger charge is -2.06. The Hall–Kier alpha value is -3.55. The summed E-state index contributed by atoms with van der Waals surface area (Å²) in [4.78, 5) is 12.4. The second-order valence-corrected chi connectivity index (χ2v) is 5.71. The molecule has 7 nitrogen and oxygen atoms in total. The zero-order valence-corrected chi connectivity index (χ0v) is 14.0. The van der Waals surface area contributed by atoms with Crippen molar-refractivity contribution in [2.24, 2.45) is 5.73 Å². The molecular formula is C18H17FN6O. The third kappa shape index (κ3) is 3.59. The van der Waals surface area contributed by atoms with Gasteiger partial charge in [-0.25, -0.2) is 9.07 Å². The topological polar surface area (TPSA) is 110 Å². The van der Waals surface area contributed by atoms with Gasteiger partial charge in [0.1, 0.15) is 11.7 Å². The van der Waals surface area contributed by atoms with E-state index in [1.807, 2.05) is 0 Å². The molecule has 0 bridgehead atoms. The maximum atomic E-state index is 13.4. The third-order valence-electron chi connectivity index (χ3n) is 3.88. The number of nitrogen functional groups attached to an aromatic ring is 1. The van der Waals surface area contributed by atoms with E-state index in [2.05, 4.69) is 15.6 Å². The summed E-state index contributed by atoms with van der Waals surface area (Å²) >= 11 is 0. The van der Waals surface area contributed by atoms with Crippen molar-refractivity contribution < 1.29 is 9.18 Å². The van der Waals surface area contributed by atoms with Crippen molar-refractivity contribution in [1.29, 1.82) is 5.41 Å². The van der Waals surface area contributed by atoms with Crippen molar-refractivity contribution in [1.82, 2.24) is 20.3 Å². The number of hydrogen-bond donors (Lipinski definition) is 3. The highest BCUT2D eigenvalue weighted by Crippen LogP contribution is 2.13. The molecule has 1 amide bonds. The molecule has 0 saturated heterocycles. The third-order valence-corrected chi connectivity index (χ3v) is 3.88. The summed E-state index contributed by atoms with van der Waals surface area (Å²) in [6.07, 6.45) is 0. The average Bonchev–Trinajstić information content (AvgIpc) is 3.01. The highest BCUT2D eigenvalue weighted by molar-refractivity contribution is 5.95. The number of nitrogens with one attached hydrogen (secondary N) is 2. The Labute approximate surface area is 149 Å². The lowest BCUT2D eigenvalue weighted by molar-refractivity contribution is 0.0945. The van der Waals surface area contributed by atoms with Gasteiger partial charge < -0.3 is 11.1 Å². The minimum atomic E-state index is -0.391. The van der Waals surface area contributed by atoms with E-state index in [-0.39, 0.29) is 17.4 Å². The standard InChI is InChI=1S/C18H17FN6O/c1-11-16(23-24-25(11)15-4-2-3-14(19)9-15)18(26)22-10-12-5-7-13(8-6-12)17(20)21/h2-9H,10H2,1H3,(H3,20,21)(H,22,26). The maximum absolute atomic E-state index is 13.4. The van der Waals surface area contributed by atoms with Crippen molar-refractivity contribution in [2.45, 2.75) is 13.5 Å². The van der Waals surface area contributed by atoms with Gasteiger partial charge in [-0.15, -0.1) is 5.10 Å². The van der Waals surface area contributed by atoms with Gasteiger partial charge in [0.15, 0.2) is 5.69 Å². The first-order valence-electron chi connectivity index (χ1n) is 7.85. The van der Waals surface area contributed by atoms with Crippen LogP contribution in [0.25, 0.3) is 5.69 Å². The Morgan fingerprint density at radius 1 is 1.27 bits per heavy atom. The monoisotopic (exact) mass is 352 g/mol. The number of amides is 1. The van der Waals surface area contributed by atoms with E-state index in [9.17, 15) is 9.18 Å². The zero-order valence-electron chi connectivity index (χ0n) is 14.0. The Morgan fingerprint density at radius 2 is 2.00 bits per heavy atom. The molecule has 0 aliphatic heterocycles. The molecule has 0 saturated carbocycles. The van der Waals surface area contributed by atoms with Gasteiger partial charge in [0.2, 0.25) is 0 Å². The first-order chi connectivity index (χ1) is 12.5. The Morgan fingerprint density at radius 3 is 2.65 bits per heavy atom. The number of nitrogens with zero attached hydrogens (tertiary/aromatic N) is 3. The molecule has 3 rings (SSSR count). The molecule has 8 heteroatoms. The van der Waals surface area contributed by atoms with Gasteiger partial charge in [-0.1, -0.05) is 35.5 Å². The fraction of sp³-hybridized carbons (Fsp3) is 0.111. The molecule has 3 aromatic rings. The highest BCUT2D eigenvalue weighted by Gasteiger charge is 2.17. The van der Waals surface area contributed by atoms with E-state index in [1.165, 1.54) is 16.8 Å². The molecular weight excluding hydrogens is 335 g/mol. The number of carbonyl (C=O) groups is 1. The largest absolute Gasteiger partial charge is 0.384 e. The van der Waals surface area contributed by atoms with Crippen molar-refractivity contribution in [2.75, 3.05) is 0 Å². The molecule has 0 fully saturated rings. The first-order valence-corrected chi connectivity index (χ1v) is 7.85. The van der Waals surface area contributed by atoms with Gasteiger partial charge in [0.05, 0.1) is 11.4 Å². The van der Waals surface area contributed by atoms with Crippen LogP contribution in [-0.4, -0.2) is 26.7 Å². The molecule has 0 aliphatic rings. The molecule has 0 unspecified atom stereocenters. The summed E-state index contributed by atoms with van der Waals surface area (Å²) in [5.74, 6) is -0.775. The van der Waals surface area contributed by atoms with E-state index < -0.39 is 5.82 Å². The SMILES string of the molecule is Cc1c(C(=O)NCc2ccc(C(=N)N)cc2)nnn1-c1cccc(F)c1. The summed E-state index contributed by atoms with van der Waals surface area (Å²) in [5.41, 5.74) is 8.07. The molecule has 26 heavy (non-hydrogen) atoms.